The Morgan fingerprint density at radius 2 is 0.768 bits per heavy atom. The van der Waals surface area contributed by atoms with Crippen LogP contribution in [0.25, 0.3) is 127 Å². The van der Waals surface area contributed by atoms with Crippen LogP contribution in [-0.4, -0.2) is 0 Å². The van der Waals surface area contributed by atoms with Gasteiger partial charge in [-0.3, -0.25) is 0 Å². The molecule has 0 saturated carbocycles. The van der Waals surface area contributed by atoms with Crippen LogP contribution in [-0.2, 0) is 6.42 Å². The second-order valence-electron chi connectivity index (χ2n) is 18.2. The highest BCUT2D eigenvalue weighted by Gasteiger charge is 2.23. The van der Waals surface area contributed by atoms with Gasteiger partial charge in [-0.05, 0) is 134 Å². The maximum atomic E-state index is 6.53. The Hall–Kier alpha value is -8.92. The molecule has 0 radical (unpaired) electrons. The molecule has 0 bridgehead atoms. The van der Waals surface area contributed by atoms with Crippen molar-refractivity contribution in [2.24, 2.45) is 0 Å². The van der Waals surface area contributed by atoms with Crippen LogP contribution < -0.4 is 0 Å². The maximum absolute atomic E-state index is 6.53. The van der Waals surface area contributed by atoms with Gasteiger partial charge in [-0.25, -0.2) is 0 Å². The summed E-state index contributed by atoms with van der Waals surface area (Å²) in [5, 5.41) is 5.72. The summed E-state index contributed by atoms with van der Waals surface area (Å²) in [6.45, 7) is 0. The van der Waals surface area contributed by atoms with E-state index in [1.165, 1.54) is 38.8 Å². The highest BCUT2D eigenvalue weighted by atomic mass is 16.3. The summed E-state index contributed by atoms with van der Waals surface area (Å²) < 4.78 is 19.3. The molecule has 0 spiro atoms. The van der Waals surface area contributed by atoms with Crippen LogP contribution in [0.2, 0.25) is 0 Å². The highest BCUT2D eigenvalue weighted by Crippen LogP contribution is 2.45. The third-order valence-corrected chi connectivity index (χ3v) is 14.2. The molecule has 0 N–H and O–H groups in total. The number of benzene rings is 10. The van der Waals surface area contributed by atoms with Gasteiger partial charge in [-0.15, -0.1) is 0 Å². The van der Waals surface area contributed by atoms with Crippen molar-refractivity contribution in [2.75, 3.05) is 0 Å². The molecule has 1 aliphatic carbocycles. The Labute approximate surface area is 398 Å². The van der Waals surface area contributed by atoms with E-state index in [-0.39, 0.29) is 0 Å². The van der Waals surface area contributed by atoms with Crippen molar-refractivity contribution in [1.82, 2.24) is 0 Å². The predicted molar refractivity (Wildman–Crippen MR) is 285 cm³/mol. The summed E-state index contributed by atoms with van der Waals surface area (Å²) >= 11 is 0. The first-order valence-electron chi connectivity index (χ1n) is 23.8. The van der Waals surface area contributed by atoms with Gasteiger partial charge in [-0.2, -0.15) is 0 Å². The summed E-state index contributed by atoms with van der Waals surface area (Å²) in [5.41, 5.74) is 22.0. The molecule has 10 aromatic carbocycles. The first kappa shape index (κ1) is 39.3. The van der Waals surface area contributed by atoms with Crippen molar-refractivity contribution in [3.05, 3.63) is 247 Å². The van der Waals surface area contributed by atoms with Gasteiger partial charge in [0.1, 0.15) is 33.7 Å². The third kappa shape index (κ3) is 6.58. The van der Waals surface area contributed by atoms with Crippen LogP contribution in [0, 0.1) is 0 Å². The van der Waals surface area contributed by atoms with E-state index in [2.05, 4.69) is 212 Å². The van der Waals surface area contributed by atoms with Gasteiger partial charge < -0.3 is 13.3 Å². The lowest BCUT2D eigenvalue weighted by atomic mass is 9.88. The zero-order chi connectivity index (χ0) is 45.4. The molecule has 1 aliphatic rings. The van der Waals surface area contributed by atoms with E-state index in [0.29, 0.717) is 0 Å². The second-order valence-corrected chi connectivity index (χ2v) is 18.2. The maximum Gasteiger partial charge on any atom is 0.138 e. The Morgan fingerprint density at radius 1 is 0.290 bits per heavy atom. The van der Waals surface area contributed by atoms with E-state index in [1.54, 1.807) is 0 Å². The molecule has 0 atom stereocenters. The molecule has 3 aromatic heterocycles. The van der Waals surface area contributed by atoms with Crippen LogP contribution in [0.15, 0.2) is 244 Å². The van der Waals surface area contributed by atoms with Crippen molar-refractivity contribution in [1.29, 1.82) is 0 Å². The number of furan rings is 3. The van der Waals surface area contributed by atoms with Crippen LogP contribution >= 0.6 is 0 Å². The molecular weight excluding hydrogens is 841 g/mol. The van der Waals surface area contributed by atoms with Crippen molar-refractivity contribution in [3.8, 4) is 66.8 Å². The number of para-hydroxylation sites is 3. The fourth-order valence-corrected chi connectivity index (χ4v) is 10.9. The summed E-state index contributed by atoms with van der Waals surface area (Å²) in [4.78, 5) is 0. The van der Waals surface area contributed by atoms with Crippen LogP contribution in [0.3, 0.4) is 0 Å². The summed E-state index contributed by atoms with van der Waals surface area (Å²) in [6.07, 6.45) is 4.33. The van der Waals surface area contributed by atoms with Crippen molar-refractivity contribution < 1.29 is 13.3 Å². The Morgan fingerprint density at radius 3 is 1.46 bits per heavy atom. The smallest absolute Gasteiger partial charge is 0.138 e. The Balaban J connectivity index is 0.831. The van der Waals surface area contributed by atoms with Gasteiger partial charge in [0.25, 0.3) is 0 Å². The standard InChI is InChI=1S/C66H42O3/c1-4-27-58-54(21-1)55-26-11-25-53(66(55)69-58)49-19-9-16-46(39-49)44-14-7-15-45(37-44)47-17-10-20-50(40-47)63-52(35-36-62-65(63)57-23-3-6-29-60(57)68-62)42-33-31-41(32-34-42)43-13-8-18-48(38-43)51-24-12-30-61-64(51)56-22-2-5-28-59(56)67-61/h1-10,12-25,27-40H,11,26H2. The van der Waals surface area contributed by atoms with Gasteiger partial charge in [-0.1, -0.05) is 176 Å². The molecule has 3 heterocycles. The molecule has 0 amide bonds. The van der Waals surface area contributed by atoms with Crippen molar-refractivity contribution >= 4 is 60.4 Å². The minimum absolute atomic E-state index is 0.874. The molecule has 324 valence electrons. The van der Waals surface area contributed by atoms with Crippen LogP contribution in [0.1, 0.15) is 23.3 Å². The normalized spacial score (nSPS) is 12.6. The largest absolute Gasteiger partial charge is 0.456 e. The number of hydrogen-bond donors (Lipinski definition) is 0. The molecule has 0 aliphatic heterocycles. The monoisotopic (exact) mass is 882 g/mol. The van der Waals surface area contributed by atoms with Crippen molar-refractivity contribution in [3.63, 3.8) is 0 Å². The third-order valence-electron chi connectivity index (χ3n) is 14.2. The van der Waals surface area contributed by atoms with Crippen LogP contribution in [0.5, 0.6) is 0 Å². The topological polar surface area (TPSA) is 39.4 Å². The summed E-state index contributed by atoms with van der Waals surface area (Å²) in [6, 6.07) is 80.5. The molecule has 0 saturated heterocycles. The first-order chi connectivity index (χ1) is 34.2. The number of hydrogen-bond acceptors (Lipinski definition) is 3. The molecule has 69 heavy (non-hydrogen) atoms. The molecule has 3 heteroatoms. The quantitative estimate of drug-likeness (QED) is 0.160. The van der Waals surface area contributed by atoms with Crippen LogP contribution in [0.4, 0.5) is 0 Å². The van der Waals surface area contributed by atoms with Gasteiger partial charge in [0, 0.05) is 43.6 Å². The number of allylic oxidation sites excluding steroid dienone is 1. The van der Waals surface area contributed by atoms with E-state index in [4.69, 9.17) is 13.3 Å². The molecule has 0 fully saturated rings. The van der Waals surface area contributed by atoms with Crippen molar-refractivity contribution in [2.45, 2.75) is 12.8 Å². The SMILES string of the molecule is C1=C(c2cccc(-c3cccc(-c4cccc(-c5c(-c6ccc(-c7cccc(-c8cccc9oc%10ccccc%10c89)c7)cc6)ccc6oc7ccccc7c56)c4)c3)c2)c2oc3ccccc3c2CC1. The number of rotatable bonds is 7. The van der Waals surface area contributed by atoms with Gasteiger partial charge in [0.05, 0.1) is 0 Å². The second kappa shape index (κ2) is 15.9. The number of fused-ring (bicyclic) bond motifs is 9. The number of aryl methyl sites for hydroxylation is 1. The molecule has 0 unspecified atom stereocenters. The first-order valence-corrected chi connectivity index (χ1v) is 23.8. The van der Waals surface area contributed by atoms with Gasteiger partial charge in [0.2, 0.25) is 0 Å². The highest BCUT2D eigenvalue weighted by molar-refractivity contribution is 6.16. The van der Waals surface area contributed by atoms with E-state index in [9.17, 15) is 0 Å². The van der Waals surface area contributed by atoms with Gasteiger partial charge >= 0.3 is 0 Å². The minimum atomic E-state index is 0.874. The predicted octanol–water partition coefficient (Wildman–Crippen LogP) is 18.6. The fourth-order valence-electron chi connectivity index (χ4n) is 10.9. The molecule has 13 aromatic rings. The zero-order valence-electron chi connectivity index (χ0n) is 37.6. The molecule has 14 rings (SSSR count). The lowest BCUT2D eigenvalue weighted by Gasteiger charge is -2.15. The van der Waals surface area contributed by atoms with E-state index >= 15 is 0 Å². The van der Waals surface area contributed by atoms with Gasteiger partial charge in [0.15, 0.2) is 0 Å². The average molecular weight is 883 g/mol. The molecular formula is C66H42O3. The minimum Gasteiger partial charge on any atom is -0.456 e. The van der Waals surface area contributed by atoms with E-state index in [0.717, 1.165) is 118 Å². The Kier molecular flexibility index (Phi) is 9.03. The summed E-state index contributed by atoms with van der Waals surface area (Å²) in [7, 11) is 0. The van der Waals surface area contributed by atoms with E-state index < -0.39 is 0 Å². The van der Waals surface area contributed by atoms with E-state index in [1.807, 2.05) is 18.2 Å². The fraction of sp³-hybridized carbons (Fsp3) is 0.0303. The average Bonchev–Trinajstić information content (AvgIpc) is 4.12. The lowest BCUT2D eigenvalue weighted by molar-refractivity contribution is 0.591. The Bertz CT molecular complexity index is 4190. The zero-order valence-corrected chi connectivity index (χ0v) is 37.6. The summed E-state index contributed by atoms with van der Waals surface area (Å²) in [5.74, 6) is 1.00. The molecule has 3 nitrogen and oxygen atoms in total. The lowest BCUT2D eigenvalue weighted by Crippen LogP contribution is -1.98.